The maximum absolute atomic E-state index is 12.4. The molecule has 1 rings (SSSR count). The van der Waals surface area contributed by atoms with E-state index in [1.54, 1.807) is 19.1 Å². The second kappa shape index (κ2) is 5.51. The van der Waals surface area contributed by atoms with E-state index in [1.165, 1.54) is 10.4 Å². The Bertz CT molecular complexity index is 483. The van der Waals surface area contributed by atoms with Crippen LogP contribution in [0, 0.1) is 6.92 Å². The molecule has 4 nitrogen and oxygen atoms in total. The van der Waals surface area contributed by atoms with E-state index < -0.39 is 10.0 Å². The summed E-state index contributed by atoms with van der Waals surface area (Å²) in [5.74, 6) is 0. The number of sulfonamides is 1. The summed E-state index contributed by atoms with van der Waals surface area (Å²) in [5.41, 5.74) is 6.86. The van der Waals surface area contributed by atoms with Gasteiger partial charge >= 0.3 is 0 Å². The van der Waals surface area contributed by atoms with Crippen molar-refractivity contribution >= 4 is 15.7 Å². The first kappa shape index (κ1) is 14.0. The molecule has 0 atom stereocenters. The number of nitrogens with two attached hydrogens (primary N) is 1. The van der Waals surface area contributed by atoms with Gasteiger partial charge in [-0.15, -0.1) is 0 Å². The number of hydrogen-bond acceptors (Lipinski definition) is 3. The first-order valence-electron chi connectivity index (χ1n) is 5.79. The quantitative estimate of drug-likeness (QED) is 0.819. The molecule has 1 aromatic carbocycles. The molecule has 0 aliphatic heterocycles. The van der Waals surface area contributed by atoms with Crippen molar-refractivity contribution in [3.05, 3.63) is 23.8 Å². The van der Waals surface area contributed by atoms with E-state index in [0.29, 0.717) is 23.7 Å². The second-order valence-corrected chi connectivity index (χ2v) is 5.93. The minimum absolute atomic E-state index is 0.313. The minimum atomic E-state index is -3.41. The van der Waals surface area contributed by atoms with Crippen molar-refractivity contribution < 1.29 is 8.42 Å². The maximum atomic E-state index is 12.4. The molecule has 0 heterocycles. The van der Waals surface area contributed by atoms with Crippen LogP contribution in [0.25, 0.3) is 0 Å². The fourth-order valence-corrected chi connectivity index (χ4v) is 3.53. The first-order chi connectivity index (χ1) is 7.93. The van der Waals surface area contributed by atoms with Crippen LogP contribution in [0.3, 0.4) is 0 Å². The van der Waals surface area contributed by atoms with Crippen LogP contribution in [0.2, 0.25) is 0 Å². The van der Waals surface area contributed by atoms with Gasteiger partial charge in [-0.3, -0.25) is 0 Å². The summed E-state index contributed by atoms with van der Waals surface area (Å²) in [7, 11) is -3.41. The zero-order chi connectivity index (χ0) is 13.1. The molecule has 2 N–H and O–H groups in total. The maximum Gasteiger partial charge on any atom is 0.243 e. The van der Waals surface area contributed by atoms with Gasteiger partial charge in [-0.05, 0) is 31.0 Å². The smallest absolute Gasteiger partial charge is 0.243 e. The van der Waals surface area contributed by atoms with Crippen molar-refractivity contribution in [2.45, 2.75) is 32.1 Å². The molecule has 96 valence electrons. The van der Waals surface area contributed by atoms with Crippen LogP contribution in [-0.2, 0) is 10.0 Å². The van der Waals surface area contributed by atoms with Crippen molar-refractivity contribution in [3.63, 3.8) is 0 Å². The number of nitrogens with zero attached hydrogens (tertiary/aromatic N) is 1. The average Bonchev–Trinajstić information content (AvgIpc) is 2.28. The molecular formula is C12H20N2O2S. The van der Waals surface area contributed by atoms with Crippen LogP contribution in [0.1, 0.15) is 25.8 Å². The highest BCUT2D eigenvalue weighted by Crippen LogP contribution is 2.22. The lowest BCUT2D eigenvalue weighted by Gasteiger charge is -2.21. The van der Waals surface area contributed by atoms with E-state index in [2.05, 4.69) is 0 Å². The topological polar surface area (TPSA) is 63.4 Å². The third-order valence-corrected chi connectivity index (χ3v) is 4.77. The van der Waals surface area contributed by atoms with Crippen LogP contribution >= 0.6 is 0 Å². The lowest BCUT2D eigenvalue weighted by molar-refractivity contribution is 0.427. The molecule has 0 radical (unpaired) electrons. The van der Waals surface area contributed by atoms with E-state index >= 15 is 0 Å². The highest BCUT2D eigenvalue weighted by molar-refractivity contribution is 7.89. The first-order valence-corrected chi connectivity index (χ1v) is 7.23. The second-order valence-electron chi connectivity index (χ2n) is 4.02. The van der Waals surface area contributed by atoms with E-state index in [0.717, 1.165) is 12.0 Å². The molecule has 0 aliphatic carbocycles. The molecule has 0 saturated heterocycles. The Morgan fingerprint density at radius 1 is 1.29 bits per heavy atom. The summed E-state index contributed by atoms with van der Waals surface area (Å²) >= 11 is 0. The standard InChI is InChI=1S/C12H20N2O2S/c1-4-8-14(5-2)17(15,16)12-9-11(13)7-6-10(12)3/h6-7,9H,4-5,8,13H2,1-3H3. The van der Waals surface area contributed by atoms with Crippen molar-refractivity contribution in [2.24, 2.45) is 0 Å². The Morgan fingerprint density at radius 3 is 2.47 bits per heavy atom. The fraction of sp³-hybridized carbons (Fsp3) is 0.500. The molecule has 5 heteroatoms. The molecule has 0 amide bonds. The Labute approximate surface area is 103 Å². The minimum Gasteiger partial charge on any atom is -0.399 e. The van der Waals surface area contributed by atoms with Crippen molar-refractivity contribution in [3.8, 4) is 0 Å². The van der Waals surface area contributed by atoms with Crippen LogP contribution in [-0.4, -0.2) is 25.8 Å². The molecule has 0 saturated carbocycles. The number of hydrogen-bond donors (Lipinski definition) is 1. The van der Waals surface area contributed by atoms with Crippen LogP contribution < -0.4 is 5.73 Å². The highest BCUT2D eigenvalue weighted by atomic mass is 32.2. The third kappa shape index (κ3) is 2.98. The van der Waals surface area contributed by atoms with Crippen LogP contribution in [0.4, 0.5) is 5.69 Å². The van der Waals surface area contributed by atoms with E-state index in [9.17, 15) is 8.42 Å². The lowest BCUT2D eigenvalue weighted by atomic mass is 10.2. The monoisotopic (exact) mass is 256 g/mol. The Morgan fingerprint density at radius 2 is 1.94 bits per heavy atom. The molecule has 0 unspecified atom stereocenters. The lowest BCUT2D eigenvalue weighted by Crippen LogP contribution is -2.32. The molecule has 1 aromatic rings. The Balaban J connectivity index is 3.24. The molecular weight excluding hydrogens is 236 g/mol. The SMILES string of the molecule is CCCN(CC)S(=O)(=O)c1cc(N)ccc1C. The van der Waals surface area contributed by atoms with Gasteiger partial charge in [0.2, 0.25) is 10.0 Å². The number of anilines is 1. The zero-order valence-corrected chi connectivity index (χ0v) is 11.4. The predicted octanol–water partition coefficient (Wildman–Crippen LogP) is 2.00. The summed E-state index contributed by atoms with van der Waals surface area (Å²) in [5, 5.41) is 0. The van der Waals surface area contributed by atoms with E-state index in [4.69, 9.17) is 5.73 Å². The van der Waals surface area contributed by atoms with Gasteiger partial charge in [0.1, 0.15) is 0 Å². The zero-order valence-electron chi connectivity index (χ0n) is 10.6. The molecule has 0 aliphatic rings. The van der Waals surface area contributed by atoms with Crippen LogP contribution in [0.15, 0.2) is 23.1 Å². The normalized spacial score (nSPS) is 12.0. The molecule has 0 fully saturated rings. The average molecular weight is 256 g/mol. The number of benzene rings is 1. The molecule has 0 bridgehead atoms. The van der Waals surface area contributed by atoms with Gasteiger partial charge in [0.25, 0.3) is 0 Å². The Kier molecular flexibility index (Phi) is 4.54. The summed E-state index contributed by atoms with van der Waals surface area (Å²) in [6.07, 6.45) is 0.800. The predicted molar refractivity (Wildman–Crippen MR) is 70.3 cm³/mol. The third-order valence-electron chi connectivity index (χ3n) is 2.66. The van der Waals surface area contributed by atoms with Gasteiger partial charge in [0.15, 0.2) is 0 Å². The largest absolute Gasteiger partial charge is 0.399 e. The van der Waals surface area contributed by atoms with Crippen molar-refractivity contribution in [2.75, 3.05) is 18.8 Å². The van der Waals surface area contributed by atoms with Gasteiger partial charge in [0, 0.05) is 18.8 Å². The van der Waals surface area contributed by atoms with Gasteiger partial charge in [-0.25, -0.2) is 8.42 Å². The summed E-state index contributed by atoms with van der Waals surface area (Å²) < 4.78 is 26.3. The van der Waals surface area contributed by atoms with E-state index in [-0.39, 0.29) is 0 Å². The number of rotatable bonds is 5. The number of aryl methyl sites for hydroxylation is 1. The molecule has 0 aromatic heterocycles. The molecule has 0 spiro atoms. The number of nitrogen functional groups attached to an aromatic ring is 1. The Hall–Kier alpha value is -1.07. The van der Waals surface area contributed by atoms with Crippen molar-refractivity contribution in [1.82, 2.24) is 4.31 Å². The fourth-order valence-electron chi connectivity index (χ4n) is 1.73. The summed E-state index contributed by atoms with van der Waals surface area (Å²) in [6, 6.07) is 4.98. The van der Waals surface area contributed by atoms with Gasteiger partial charge in [-0.2, -0.15) is 4.31 Å². The van der Waals surface area contributed by atoms with Gasteiger partial charge < -0.3 is 5.73 Å². The van der Waals surface area contributed by atoms with Gasteiger partial charge in [-0.1, -0.05) is 19.9 Å². The van der Waals surface area contributed by atoms with Crippen molar-refractivity contribution in [1.29, 1.82) is 0 Å². The molecule has 17 heavy (non-hydrogen) atoms. The highest BCUT2D eigenvalue weighted by Gasteiger charge is 2.24. The van der Waals surface area contributed by atoms with Crippen LogP contribution in [0.5, 0.6) is 0 Å². The van der Waals surface area contributed by atoms with E-state index in [1.807, 2.05) is 13.8 Å². The summed E-state index contributed by atoms with van der Waals surface area (Å²) in [6.45, 7) is 6.60. The van der Waals surface area contributed by atoms with Gasteiger partial charge in [0.05, 0.1) is 4.90 Å². The summed E-state index contributed by atoms with van der Waals surface area (Å²) in [4.78, 5) is 0.313.